The van der Waals surface area contributed by atoms with E-state index in [2.05, 4.69) is 9.72 Å². The van der Waals surface area contributed by atoms with Gasteiger partial charge in [0, 0.05) is 32.8 Å². The Labute approximate surface area is 172 Å². The zero-order valence-corrected chi connectivity index (χ0v) is 17.4. The Morgan fingerprint density at radius 1 is 1.32 bits per heavy atom. The lowest BCUT2D eigenvalue weighted by molar-refractivity contribution is -0.0692. The number of imidazole rings is 1. The first kappa shape index (κ1) is 20.6. The van der Waals surface area contributed by atoms with Gasteiger partial charge >= 0.3 is 10.1 Å². The van der Waals surface area contributed by atoms with Crippen molar-refractivity contribution in [3.8, 4) is 17.5 Å². The van der Waals surface area contributed by atoms with Gasteiger partial charge in [0.15, 0.2) is 11.2 Å². The van der Waals surface area contributed by atoms with Crippen LogP contribution in [0.5, 0.6) is 17.5 Å². The summed E-state index contributed by atoms with van der Waals surface area (Å²) in [5.41, 5.74) is 0.576. The van der Waals surface area contributed by atoms with Crippen LogP contribution in [0.25, 0.3) is 11.2 Å². The average Bonchev–Trinajstić information content (AvgIpc) is 3.08. The summed E-state index contributed by atoms with van der Waals surface area (Å²) in [6, 6.07) is 5.99. The number of hydrogen-bond donors (Lipinski definition) is 1. The van der Waals surface area contributed by atoms with Crippen molar-refractivity contribution in [2.24, 2.45) is 7.05 Å². The molecule has 0 spiro atoms. The van der Waals surface area contributed by atoms with Crippen molar-refractivity contribution in [2.75, 3.05) is 6.61 Å². The fourth-order valence-electron chi connectivity index (χ4n) is 2.91. The summed E-state index contributed by atoms with van der Waals surface area (Å²) in [5.74, 6) is 0.200. The van der Waals surface area contributed by atoms with Gasteiger partial charge in [-0.05, 0) is 25.5 Å². The molecule has 8 nitrogen and oxygen atoms in total. The number of benzene rings is 1. The lowest BCUT2D eigenvalue weighted by Crippen LogP contribution is -2.23. The van der Waals surface area contributed by atoms with Gasteiger partial charge in [-0.25, -0.2) is 4.68 Å². The molecule has 0 aliphatic carbocycles. The fourth-order valence-corrected chi connectivity index (χ4v) is 3.17. The molecule has 11 heteroatoms. The van der Waals surface area contributed by atoms with E-state index in [4.69, 9.17) is 9.84 Å². The van der Waals surface area contributed by atoms with E-state index in [9.17, 15) is 13.6 Å². The number of fused-ring (bicyclic) bond motifs is 1. The van der Waals surface area contributed by atoms with Crippen LogP contribution in [0.4, 0.5) is 8.78 Å². The van der Waals surface area contributed by atoms with Gasteiger partial charge in [-0.3, -0.25) is 14.0 Å². The molecule has 3 rings (SSSR count). The van der Waals surface area contributed by atoms with Gasteiger partial charge in [0.25, 0.3) is 5.56 Å². The van der Waals surface area contributed by atoms with Gasteiger partial charge < -0.3 is 14.6 Å². The second kappa shape index (κ2) is 8.07. The van der Waals surface area contributed by atoms with Crippen LogP contribution >= 0.6 is 22.6 Å². The molecule has 0 aliphatic rings. The highest BCUT2D eigenvalue weighted by Gasteiger charge is 2.26. The van der Waals surface area contributed by atoms with Gasteiger partial charge in [0.05, 0.1) is 22.6 Å². The van der Waals surface area contributed by atoms with Crippen molar-refractivity contribution in [3.05, 3.63) is 34.6 Å². The van der Waals surface area contributed by atoms with Gasteiger partial charge in [-0.15, -0.1) is 0 Å². The van der Waals surface area contributed by atoms with E-state index in [-0.39, 0.29) is 29.7 Å². The predicted octanol–water partition coefficient (Wildman–Crippen LogP) is 3.10. The van der Waals surface area contributed by atoms with Gasteiger partial charge in [0.2, 0.25) is 0 Å². The normalized spacial score (nSPS) is 11.9. The molecule has 0 fully saturated rings. The Bertz CT molecular complexity index is 1040. The topological polar surface area (TPSA) is 83.4 Å². The monoisotopic (exact) mass is 508 g/mol. The number of halogens is 3. The number of aryl methyl sites for hydroxylation is 2. The van der Waals surface area contributed by atoms with E-state index in [0.29, 0.717) is 30.7 Å². The van der Waals surface area contributed by atoms with Crippen molar-refractivity contribution < 1.29 is 23.4 Å². The van der Waals surface area contributed by atoms with Crippen LogP contribution in [0.1, 0.15) is 13.3 Å². The van der Waals surface area contributed by atoms with Crippen molar-refractivity contribution >= 4 is 33.8 Å². The summed E-state index contributed by atoms with van der Waals surface area (Å²) in [6.07, 6.45) is 0.448. The summed E-state index contributed by atoms with van der Waals surface area (Å²) in [5, 5.41) is 9.01. The Morgan fingerprint density at radius 2 is 2.04 bits per heavy atom. The minimum absolute atomic E-state index is 0.0217. The summed E-state index contributed by atoms with van der Waals surface area (Å²) >= 11 is 0.887. The number of aromatic nitrogens is 4. The third-order valence-corrected chi connectivity index (χ3v) is 4.33. The average molecular weight is 508 g/mol. The lowest BCUT2D eigenvalue weighted by atomic mass is 10.3. The molecule has 152 valence electrons. The maximum absolute atomic E-state index is 13.1. The van der Waals surface area contributed by atoms with Crippen molar-refractivity contribution in [2.45, 2.75) is 30.5 Å². The standard InChI is InChI=1S/C17H19F2IN4O4/c1-3-23-13-14(22(2)24(15(13)26)8-5-9-25)21-16(23)27-11-6-4-7-12(10-11)28-17(18,19)20/h4,6-7,10,25H,3,5,8-9H2,1-2H3. The molecule has 0 bridgehead atoms. The van der Waals surface area contributed by atoms with Gasteiger partial charge in [0.1, 0.15) is 11.5 Å². The number of rotatable bonds is 8. The minimum Gasteiger partial charge on any atom is -0.425 e. The molecule has 0 saturated carbocycles. The summed E-state index contributed by atoms with van der Waals surface area (Å²) in [6.45, 7) is 2.61. The third kappa shape index (κ3) is 4.14. The number of alkyl halides is 3. The molecule has 2 heterocycles. The predicted molar refractivity (Wildman–Crippen MR) is 106 cm³/mol. The quantitative estimate of drug-likeness (QED) is 0.374. The molecule has 0 aliphatic heterocycles. The highest BCUT2D eigenvalue weighted by Crippen LogP contribution is 2.31. The lowest BCUT2D eigenvalue weighted by Gasteiger charge is -2.12. The largest absolute Gasteiger partial charge is 0.451 e. The molecule has 0 atom stereocenters. The van der Waals surface area contributed by atoms with Crippen LogP contribution in [0.3, 0.4) is 0 Å². The van der Waals surface area contributed by atoms with E-state index >= 15 is 0 Å². The zero-order chi connectivity index (χ0) is 20.5. The van der Waals surface area contributed by atoms with Crippen molar-refractivity contribution in [3.63, 3.8) is 0 Å². The fraction of sp³-hybridized carbons (Fsp3) is 0.412. The van der Waals surface area contributed by atoms with Crippen LogP contribution in [0.2, 0.25) is 0 Å². The summed E-state index contributed by atoms with van der Waals surface area (Å²) in [4.78, 5) is 17.2. The Balaban J connectivity index is 1.97. The van der Waals surface area contributed by atoms with Crippen LogP contribution in [-0.2, 0) is 20.1 Å². The van der Waals surface area contributed by atoms with Gasteiger partial charge in [-0.1, -0.05) is 6.07 Å². The Morgan fingerprint density at radius 3 is 2.68 bits per heavy atom. The Kier molecular flexibility index (Phi) is 5.93. The minimum atomic E-state index is -3.34. The molecule has 0 amide bonds. The van der Waals surface area contributed by atoms with E-state index < -0.39 is 4.12 Å². The second-order valence-electron chi connectivity index (χ2n) is 5.96. The number of ether oxygens (including phenoxy) is 2. The van der Waals surface area contributed by atoms with E-state index in [1.54, 1.807) is 22.4 Å². The van der Waals surface area contributed by atoms with Crippen LogP contribution < -0.4 is 15.0 Å². The molecule has 1 N–H and O–H groups in total. The molecule has 0 unspecified atom stereocenters. The first-order valence-electron chi connectivity index (χ1n) is 8.55. The van der Waals surface area contributed by atoms with Crippen molar-refractivity contribution in [1.82, 2.24) is 18.9 Å². The maximum Gasteiger partial charge on any atom is 0.451 e. The number of nitrogens with zero attached hydrogens (tertiary/aromatic N) is 4. The first-order chi connectivity index (χ1) is 13.2. The van der Waals surface area contributed by atoms with Crippen molar-refractivity contribution in [1.29, 1.82) is 0 Å². The molecular weight excluding hydrogens is 489 g/mol. The summed E-state index contributed by atoms with van der Waals surface area (Å²) < 4.78 is 37.8. The maximum atomic E-state index is 13.1. The van der Waals surface area contributed by atoms with Gasteiger partial charge in [-0.2, -0.15) is 13.8 Å². The third-order valence-electron chi connectivity index (χ3n) is 4.11. The van der Waals surface area contributed by atoms with E-state index in [1.807, 2.05) is 6.92 Å². The smallest absolute Gasteiger partial charge is 0.425 e. The summed E-state index contributed by atoms with van der Waals surface area (Å²) in [7, 11) is 1.70. The molecule has 28 heavy (non-hydrogen) atoms. The number of hydrogen-bond acceptors (Lipinski definition) is 5. The Hall–Kier alpha value is -2.15. The zero-order valence-electron chi connectivity index (χ0n) is 15.2. The van der Waals surface area contributed by atoms with Crippen LogP contribution in [0.15, 0.2) is 29.1 Å². The highest BCUT2D eigenvalue weighted by molar-refractivity contribution is 14.1. The molecular formula is C17H19F2IN4O4. The highest BCUT2D eigenvalue weighted by atomic mass is 127. The molecule has 0 radical (unpaired) electrons. The van der Waals surface area contributed by atoms with Crippen LogP contribution in [0, 0.1) is 0 Å². The van der Waals surface area contributed by atoms with Crippen LogP contribution in [-0.4, -0.2) is 34.7 Å². The molecule has 3 aromatic rings. The van der Waals surface area contributed by atoms with E-state index in [1.165, 1.54) is 22.9 Å². The molecule has 0 saturated heterocycles. The van der Waals surface area contributed by atoms with E-state index in [0.717, 1.165) is 22.6 Å². The SMILES string of the molecule is CCn1c(Oc2cccc(OC(F)(F)I)c2)nc2c1c(=O)n(CCCO)n2C. The number of aliphatic hydroxyl groups is 1. The molecule has 2 aromatic heterocycles. The first-order valence-corrected chi connectivity index (χ1v) is 9.63. The second-order valence-corrected chi connectivity index (χ2v) is 7.22. The number of aliphatic hydroxyl groups excluding tert-OH is 1. The molecule has 1 aromatic carbocycles.